The Labute approximate surface area is 231 Å². The molecule has 198 valence electrons. The molecule has 0 unspecified atom stereocenters. The van der Waals surface area contributed by atoms with Gasteiger partial charge >= 0.3 is 6.16 Å². The molecule has 6 aromatic rings. The number of hydrogen-bond donors (Lipinski definition) is 2. The summed E-state index contributed by atoms with van der Waals surface area (Å²) in [4.78, 5) is 23.8. The zero-order chi connectivity index (χ0) is 27.5. The number of fused-ring (bicyclic) bond motifs is 2. The highest BCUT2D eigenvalue weighted by Gasteiger charge is 2.21. The molecule has 0 amide bonds. The van der Waals surface area contributed by atoms with Gasteiger partial charge in [-0.25, -0.2) is 4.79 Å². The molecule has 3 aromatic heterocycles. The molecule has 0 aliphatic carbocycles. The fourth-order valence-corrected chi connectivity index (χ4v) is 5.25. The number of aromatic amines is 1. The van der Waals surface area contributed by atoms with Crippen molar-refractivity contribution in [3.8, 4) is 34.0 Å². The van der Waals surface area contributed by atoms with Gasteiger partial charge in [0.2, 0.25) is 5.88 Å². The van der Waals surface area contributed by atoms with Crippen LogP contribution < -0.4 is 9.47 Å². The molecule has 0 aliphatic heterocycles. The molecule has 0 radical (unpaired) electrons. The number of carboxylic acid groups (broad SMARTS) is 1. The van der Waals surface area contributed by atoms with Crippen molar-refractivity contribution < 1.29 is 19.4 Å². The third-order valence-corrected chi connectivity index (χ3v) is 7.03. The van der Waals surface area contributed by atoms with Gasteiger partial charge in [-0.15, -0.1) is 0 Å². The van der Waals surface area contributed by atoms with Crippen molar-refractivity contribution in [2.24, 2.45) is 0 Å². The van der Waals surface area contributed by atoms with E-state index in [0.717, 1.165) is 60.9 Å². The summed E-state index contributed by atoms with van der Waals surface area (Å²) >= 11 is 0. The number of ether oxygens (including phenoxy) is 2. The molecule has 40 heavy (non-hydrogen) atoms. The maximum absolute atomic E-state index is 11.6. The first-order valence-corrected chi connectivity index (χ1v) is 13.1. The Morgan fingerprint density at radius 1 is 0.925 bits per heavy atom. The lowest BCUT2D eigenvalue weighted by Crippen LogP contribution is -2.06. The Kier molecular flexibility index (Phi) is 6.85. The number of pyridine rings is 2. The van der Waals surface area contributed by atoms with Crippen molar-refractivity contribution >= 4 is 27.8 Å². The lowest BCUT2D eigenvalue weighted by atomic mass is 9.94. The van der Waals surface area contributed by atoms with Crippen LogP contribution in [0.3, 0.4) is 0 Å². The van der Waals surface area contributed by atoms with Crippen LogP contribution in [0, 0.1) is 6.92 Å². The monoisotopic (exact) mass is 529 g/mol. The highest BCUT2D eigenvalue weighted by Crippen LogP contribution is 2.40. The minimum absolute atomic E-state index is 0.226. The fourth-order valence-electron chi connectivity index (χ4n) is 5.25. The van der Waals surface area contributed by atoms with Crippen molar-refractivity contribution in [1.29, 1.82) is 0 Å². The SMILES string of the molecule is Cc1ccnc(-c2cccnc2)c1-c1cccc2c(CCCOc3cccc4ccccc34)c(OC(=O)O)[nH]c12. The Hall–Kier alpha value is -5.17. The van der Waals surface area contributed by atoms with E-state index in [1.165, 1.54) is 0 Å². The molecule has 0 spiro atoms. The number of hydrogen-bond acceptors (Lipinski definition) is 5. The predicted molar refractivity (Wildman–Crippen MR) is 156 cm³/mol. The lowest BCUT2D eigenvalue weighted by molar-refractivity contribution is 0.142. The number of nitrogens with zero attached hydrogens (tertiary/aromatic N) is 2. The first kappa shape index (κ1) is 25.1. The molecule has 0 saturated heterocycles. The van der Waals surface area contributed by atoms with Gasteiger partial charge in [0.25, 0.3) is 0 Å². The summed E-state index contributed by atoms with van der Waals surface area (Å²) in [5, 5.41) is 12.6. The molecule has 0 aliphatic rings. The number of nitrogens with one attached hydrogen (secondary N) is 1. The number of carbonyl (C=O) groups is 1. The van der Waals surface area contributed by atoms with Crippen LogP contribution in [-0.2, 0) is 6.42 Å². The molecule has 0 atom stereocenters. The van der Waals surface area contributed by atoms with Gasteiger partial charge in [0.05, 0.1) is 17.8 Å². The lowest BCUT2D eigenvalue weighted by Gasteiger charge is -2.13. The first-order chi connectivity index (χ1) is 19.6. The van der Waals surface area contributed by atoms with E-state index in [-0.39, 0.29) is 5.88 Å². The standard InChI is InChI=1S/C33H27N3O4/c1-21-16-18-35-30(23-10-6-17-34-20-23)29(21)27-13-5-12-25-26(32(36-31(25)27)40-33(37)38)14-7-19-39-28-15-4-9-22-8-2-3-11-24(22)28/h2-6,8-13,15-18,20,36H,7,14,19H2,1H3,(H,37,38). The molecular weight excluding hydrogens is 502 g/mol. The summed E-state index contributed by atoms with van der Waals surface area (Å²) in [7, 11) is 0. The zero-order valence-electron chi connectivity index (χ0n) is 21.9. The van der Waals surface area contributed by atoms with Crippen molar-refractivity contribution in [3.63, 3.8) is 0 Å². The second kappa shape index (κ2) is 10.9. The third-order valence-electron chi connectivity index (χ3n) is 7.03. The molecule has 6 rings (SSSR count). The van der Waals surface area contributed by atoms with Crippen LogP contribution in [0.1, 0.15) is 17.5 Å². The Balaban J connectivity index is 1.35. The van der Waals surface area contributed by atoms with E-state index in [0.29, 0.717) is 19.4 Å². The van der Waals surface area contributed by atoms with E-state index in [1.54, 1.807) is 18.6 Å². The van der Waals surface area contributed by atoms with Gasteiger partial charge in [0.1, 0.15) is 5.75 Å². The molecule has 0 fully saturated rings. The van der Waals surface area contributed by atoms with E-state index in [2.05, 4.69) is 27.1 Å². The largest absolute Gasteiger partial charge is 0.512 e. The number of aromatic nitrogens is 3. The van der Waals surface area contributed by atoms with Crippen molar-refractivity contribution in [3.05, 3.63) is 109 Å². The van der Waals surface area contributed by atoms with Crippen molar-refractivity contribution in [2.45, 2.75) is 19.8 Å². The average molecular weight is 530 g/mol. The summed E-state index contributed by atoms with van der Waals surface area (Å²) in [6, 6.07) is 25.9. The van der Waals surface area contributed by atoms with Gasteiger partial charge in [0, 0.05) is 51.6 Å². The van der Waals surface area contributed by atoms with E-state index < -0.39 is 6.16 Å². The Morgan fingerprint density at radius 3 is 2.60 bits per heavy atom. The van der Waals surface area contributed by atoms with Crippen LogP contribution >= 0.6 is 0 Å². The predicted octanol–water partition coefficient (Wildman–Crippen LogP) is 7.82. The molecule has 0 bridgehead atoms. The van der Waals surface area contributed by atoms with Gasteiger partial charge in [-0.05, 0) is 55.0 Å². The molecule has 7 heteroatoms. The van der Waals surface area contributed by atoms with E-state index in [9.17, 15) is 9.90 Å². The molecular formula is C33H27N3O4. The fraction of sp³-hybridized carbons (Fsp3) is 0.121. The Bertz CT molecular complexity index is 1820. The van der Waals surface area contributed by atoms with Crippen molar-refractivity contribution in [1.82, 2.24) is 15.0 Å². The molecule has 0 saturated carbocycles. The molecule has 7 nitrogen and oxygen atoms in total. The van der Waals surface area contributed by atoms with E-state index in [4.69, 9.17) is 9.47 Å². The summed E-state index contributed by atoms with van der Waals surface area (Å²) in [5.74, 6) is 1.06. The van der Waals surface area contributed by atoms with E-state index >= 15 is 0 Å². The number of para-hydroxylation sites is 1. The van der Waals surface area contributed by atoms with Gasteiger partial charge in [-0.1, -0.05) is 54.6 Å². The number of aryl methyl sites for hydroxylation is 2. The van der Waals surface area contributed by atoms with Gasteiger partial charge in [-0.3, -0.25) is 9.97 Å². The van der Waals surface area contributed by atoms with Crippen LogP contribution in [0.15, 0.2) is 97.5 Å². The minimum Gasteiger partial charge on any atom is -0.493 e. The van der Waals surface area contributed by atoms with Crippen LogP contribution in [-0.4, -0.2) is 32.8 Å². The topological polar surface area (TPSA) is 97.3 Å². The second-order valence-corrected chi connectivity index (χ2v) is 9.55. The van der Waals surface area contributed by atoms with Crippen LogP contribution in [0.25, 0.3) is 44.1 Å². The summed E-state index contributed by atoms with van der Waals surface area (Å²) in [6.07, 6.45) is 5.18. The first-order valence-electron chi connectivity index (χ1n) is 13.1. The van der Waals surface area contributed by atoms with Gasteiger partial charge < -0.3 is 19.6 Å². The second-order valence-electron chi connectivity index (χ2n) is 9.55. The molecule has 2 N–H and O–H groups in total. The average Bonchev–Trinajstić information content (AvgIpc) is 3.32. The summed E-state index contributed by atoms with van der Waals surface area (Å²) in [6.45, 7) is 2.51. The number of H-pyrrole nitrogens is 1. The molecule has 3 heterocycles. The van der Waals surface area contributed by atoms with Gasteiger partial charge in [0.15, 0.2) is 0 Å². The van der Waals surface area contributed by atoms with Crippen molar-refractivity contribution in [2.75, 3.05) is 6.61 Å². The highest BCUT2D eigenvalue weighted by molar-refractivity contribution is 6.01. The number of rotatable bonds is 8. The van der Waals surface area contributed by atoms with Crippen LogP contribution in [0.2, 0.25) is 0 Å². The smallest absolute Gasteiger partial charge is 0.493 e. The van der Waals surface area contributed by atoms with Crippen LogP contribution in [0.5, 0.6) is 11.6 Å². The molecule has 3 aromatic carbocycles. The third kappa shape index (κ3) is 4.85. The summed E-state index contributed by atoms with van der Waals surface area (Å²) in [5.41, 5.74) is 6.21. The Morgan fingerprint density at radius 2 is 1.75 bits per heavy atom. The zero-order valence-corrected chi connectivity index (χ0v) is 21.9. The maximum atomic E-state index is 11.6. The highest BCUT2D eigenvalue weighted by atomic mass is 16.7. The van der Waals surface area contributed by atoms with E-state index in [1.807, 2.05) is 73.7 Å². The van der Waals surface area contributed by atoms with Gasteiger partial charge in [-0.2, -0.15) is 0 Å². The quantitative estimate of drug-likeness (QED) is 0.154. The number of benzene rings is 3. The minimum atomic E-state index is -1.37. The normalized spacial score (nSPS) is 11.1. The maximum Gasteiger partial charge on any atom is 0.512 e. The summed E-state index contributed by atoms with van der Waals surface area (Å²) < 4.78 is 11.4. The van der Waals surface area contributed by atoms with Crippen LogP contribution in [0.4, 0.5) is 4.79 Å².